The van der Waals surface area contributed by atoms with E-state index in [4.69, 9.17) is 5.73 Å². The second-order valence-corrected chi connectivity index (χ2v) is 5.33. The number of likely N-dealkylation sites (tertiary alicyclic amines) is 1. The average molecular weight is 283 g/mol. The number of piperidine rings is 1. The van der Waals surface area contributed by atoms with Crippen LogP contribution in [0.3, 0.4) is 0 Å². The third-order valence-electron chi connectivity index (χ3n) is 3.63. The SMILES string of the molecule is CN1CCCC(CNc2cc(C(N)=O)c(F)cc2F)C1. The fraction of sp³-hybridized carbons (Fsp3) is 0.500. The molecule has 1 fully saturated rings. The van der Waals surface area contributed by atoms with Crippen molar-refractivity contribution in [3.8, 4) is 0 Å². The van der Waals surface area contributed by atoms with E-state index in [0.717, 1.165) is 32.0 Å². The minimum absolute atomic E-state index is 0.119. The summed E-state index contributed by atoms with van der Waals surface area (Å²) < 4.78 is 27.0. The van der Waals surface area contributed by atoms with Crippen molar-refractivity contribution in [1.29, 1.82) is 0 Å². The lowest BCUT2D eigenvalue weighted by Gasteiger charge is -2.30. The van der Waals surface area contributed by atoms with Gasteiger partial charge in [-0.05, 0) is 38.4 Å². The minimum atomic E-state index is -0.932. The van der Waals surface area contributed by atoms with E-state index in [1.54, 1.807) is 0 Å². The van der Waals surface area contributed by atoms with Gasteiger partial charge in [0.05, 0.1) is 11.3 Å². The highest BCUT2D eigenvalue weighted by molar-refractivity contribution is 5.94. The molecule has 3 N–H and O–H groups in total. The van der Waals surface area contributed by atoms with Crippen molar-refractivity contribution in [1.82, 2.24) is 4.90 Å². The summed E-state index contributed by atoms with van der Waals surface area (Å²) in [6, 6.07) is 1.83. The second kappa shape index (κ2) is 6.17. The van der Waals surface area contributed by atoms with Gasteiger partial charge in [-0.25, -0.2) is 8.78 Å². The molecule has 1 aromatic rings. The zero-order valence-electron chi connectivity index (χ0n) is 11.5. The third kappa shape index (κ3) is 3.45. The van der Waals surface area contributed by atoms with E-state index in [-0.39, 0.29) is 11.3 Å². The van der Waals surface area contributed by atoms with Crippen molar-refractivity contribution in [2.45, 2.75) is 12.8 Å². The normalized spacial score (nSPS) is 19.9. The summed E-state index contributed by atoms with van der Waals surface area (Å²) in [4.78, 5) is 13.3. The Kier molecular flexibility index (Phi) is 4.54. The lowest BCUT2D eigenvalue weighted by molar-refractivity contribution is 0.0996. The summed E-state index contributed by atoms with van der Waals surface area (Å²) in [6.45, 7) is 2.61. The maximum Gasteiger partial charge on any atom is 0.251 e. The van der Waals surface area contributed by atoms with E-state index in [9.17, 15) is 13.6 Å². The Morgan fingerprint density at radius 2 is 2.20 bits per heavy atom. The van der Waals surface area contributed by atoms with Crippen LogP contribution in [0.4, 0.5) is 14.5 Å². The van der Waals surface area contributed by atoms with Gasteiger partial charge in [-0.15, -0.1) is 0 Å². The van der Waals surface area contributed by atoms with Gasteiger partial charge in [0.15, 0.2) is 0 Å². The number of primary amides is 1. The van der Waals surface area contributed by atoms with Crippen LogP contribution >= 0.6 is 0 Å². The van der Waals surface area contributed by atoms with E-state index in [2.05, 4.69) is 17.3 Å². The number of nitrogens with one attached hydrogen (secondary N) is 1. The molecule has 0 spiro atoms. The first kappa shape index (κ1) is 14.7. The van der Waals surface area contributed by atoms with Gasteiger partial charge in [0.1, 0.15) is 11.6 Å². The Balaban J connectivity index is 2.05. The molecule has 1 heterocycles. The number of halogens is 2. The first-order valence-corrected chi connectivity index (χ1v) is 6.68. The highest BCUT2D eigenvalue weighted by Gasteiger charge is 2.18. The van der Waals surface area contributed by atoms with Crippen molar-refractivity contribution < 1.29 is 13.6 Å². The molecule has 0 saturated carbocycles. The van der Waals surface area contributed by atoms with E-state index < -0.39 is 17.5 Å². The maximum absolute atomic E-state index is 13.7. The number of nitrogens with zero attached hydrogens (tertiary/aromatic N) is 1. The zero-order chi connectivity index (χ0) is 14.7. The monoisotopic (exact) mass is 283 g/mol. The fourth-order valence-corrected chi connectivity index (χ4v) is 2.57. The number of carbonyl (C=O) groups excluding carboxylic acids is 1. The highest BCUT2D eigenvalue weighted by Crippen LogP contribution is 2.21. The molecule has 1 aliphatic heterocycles. The van der Waals surface area contributed by atoms with Gasteiger partial charge in [0.25, 0.3) is 5.91 Å². The van der Waals surface area contributed by atoms with E-state index in [0.29, 0.717) is 18.5 Å². The zero-order valence-corrected chi connectivity index (χ0v) is 11.5. The molecular weight excluding hydrogens is 264 g/mol. The molecular formula is C14H19F2N3O. The Morgan fingerprint density at radius 3 is 2.85 bits per heavy atom. The van der Waals surface area contributed by atoms with Gasteiger partial charge < -0.3 is 16.0 Å². The van der Waals surface area contributed by atoms with E-state index in [1.807, 2.05) is 0 Å². The van der Waals surface area contributed by atoms with E-state index in [1.165, 1.54) is 0 Å². The standard InChI is InChI=1S/C14H19F2N3O/c1-19-4-2-3-9(8-19)7-18-13-5-10(14(17)20)11(15)6-12(13)16/h5-6,9,18H,2-4,7-8H2,1H3,(H2,17,20). The summed E-state index contributed by atoms with van der Waals surface area (Å²) in [5.41, 5.74) is 4.88. The summed E-state index contributed by atoms with van der Waals surface area (Å²) in [7, 11) is 2.05. The molecule has 0 bridgehead atoms. The molecule has 1 aromatic carbocycles. The largest absolute Gasteiger partial charge is 0.382 e. The fourth-order valence-electron chi connectivity index (χ4n) is 2.57. The second-order valence-electron chi connectivity index (χ2n) is 5.33. The molecule has 1 amide bonds. The van der Waals surface area contributed by atoms with Gasteiger partial charge in [-0.3, -0.25) is 4.79 Å². The van der Waals surface area contributed by atoms with Crippen LogP contribution in [0, 0.1) is 17.6 Å². The Morgan fingerprint density at radius 1 is 1.45 bits per heavy atom. The molecule has 1 atom stereocenters. The van der Waals surface area contributed by atoms with E-state index >= 15 is 0 Å². The minimum Gasteiger partial charge on any atom is -0.382 e. The van der Waals surface area contributed by atoms with Crippen molar-refractivity contribution in [3.63, 3.8) is 0 Å². The van der Waals surface area contributed by atoms with Crippen LogP contribution in [0.25, 0.3) is 0 Å². The molecule has 0 radical (unpaired) electrons. The molecule has 6 heteroatoms. The van der Waals surface area contributed by atoms with Gasteiger partial charge in [-0.1, -0.05) is 0 Å². The van der Waals surface area contributed by atoms with Gasteiger partial charge in [0, 0.05) is 19.2 Å². The predicted molar refractivity (Wildman–Crippen MR) is 73.6 cm³/mol. The predicted octanol–water partition coefficient (Wildman–Crippen LogP) is 1.82. The third-order valence-corrected chi connectivity index (χ3v) is 3.63. The number of nitrogens with two attached hydrogens (primary N) is 1. The molecule has 1 aliphatic rings. The number of rotatable bonds is 4. The lowest BCUT2D eigenvalue weighted by atomic mass is 9.98. The Bertz CT molecular complexity index is 507. The number of amides is 1. The molecule has 1 unspecified atom stereocenters. The number of carbonyl (C=O) groups is 1. The van der Waals surface area contributed by atoms with Gasteiger partial charge in [0.2, 0.25) is 0 Å². The van der Waals surface area contributed by atoms with Crippen LogP contribution in [0.15, 0.2) is 12.1 Å². The Hall–Kier alpha value is -1.69. The smallest absolute Gasteiger partial charge is 0.251 e. The first-order chi connectivity index (χ1) is 9.47. The highest BCUT2D eigenvalue weighted by atomic mass is 19.1. The molecule has 0 aliphatic carbocycles. The van der Waals surface area contributed by atoms with Crippen LogP contribution < -0.4 is 11.1 Å². The summed E-state index contributed by atoms with van der Waals surface area (Å²) in [6.07, 6.45) is 2.18. The molecule has 20 heavy (non-hydrogen) atoms. The maximum atomic E-state index is 13.7. The van der Waals surface area contributed by atoms with Crippen LogP contribution in [0.1, 0.15) is 23.2 Å². The summed E-state index contributed by atoms with van der Waals surface area (Å²) >= 11 is 0. The summed E-state index contributed by atoms with van der Waals surface area (Å²) in [5, 5.41) is 2.95. The Labute approximate surface area is 116 Å². The van der Waals surface area contributed by atoms with Crippen molar-refractivity contribution in [2.24, 2.45) is 11.7 Å². The number of hydrogen-bond donors (Lipinski definition) is 2. The molecule has 2 rings (SSSR count). The number of benzene rings is 1. The van der Waals surface area contributed by atoms with Gasteiger partial charge >= 0.3 is 0 Å². The van der Waals surface area contributed by atoms with Crippen LogP contribution in [0.2, 0.25) is 0 Å². The van der Waals surface area contributed by atoms with Crippen LogP contribution in [0.5, 0.6) is 0 Å². The van der Waals surface area contributed by atoms with Gasteiger partial charge in [-0.2, -0.15) is 0 Å². The van der Waals surface area contributed by atoms with Crippen molar-refractivity contribution in [3.05, 3.63) is 29.3 Å². The average Bonchev–Trinajstić information content (AvgIpc) is 2.37. The van der Waals surface area contributed by atoms with Crippen LogP contribution in [-0.4, -0.2) is 37.5 Å². The first-order valence-electron chi connectivity index (χ1n) is 6.68. The van der Waals surface area contributed by atoms with Crippen molar-refractivity contribution >= 4 is 11.6 Å². The number of anilines is 1. The summed E-state index contributed by atoms with van der Waals surface area (Å²) in [5.74, 6) is -2.13. The van der Waals surface area contributed by atoms with Crippen molar-refractivity contribution in [2.75, 3.05) is 32.0 Å². The topological polar surface area (TPSA) is 58.4 Å². The molecule has 0 aromatic heterocycles. The lowest BCUT2D eigenvalue weighted by Crippen LogP contribution is -2.35. The quantitative estimate of drug-likeness (QED) is 0.886. The van der Waals surface area contributed by atoms with Crippen LogP contribution in [-0.2, 0) is 0 Å². The number of hydrogen-bond acceptors (Lipinski definition) is 3. The molecule has 4 nitrogen and oxygen atoms in total. The molecule has 1 saturated heterocycles. The molecule has 110 valence electrons.